The van der Waals surface area contributed by atoms with Crippen LogP contribution in [0.2, 0.25) is 0 Å². The van der Waals surface area contributed by atoms with Gasteiger partial charge in [-0.15, -0.1) is 0 Å². The third-order valence-electron chi connectivity index (χ3n) is 2.15. The molecule has 1 nitrogen and oxygen atoms in total. The Morgan fingerprint density at radius 3 is 2.69 bits per heavy atom. The molecule has 1 aromatic heterocycles. The summed E-state index contributed by atoms with van der Waals surface area (Å²) in [4.78, 5) is 0. The number of hydrogen-bond acceptors (Lipinski definition) is 0. The Bertz CT molecular complexity index is 423. The lowest BCUT2D eigenvalue weighted by molar-refractivity contribution is -0.644. The normalized spacial score (nSPS) is 9.69. The van der Waals surface area contributed by atoms with E-state index < -0.39 is 0 Å². The summed E-state index contributed by atoms with van der Waals surface area (Å²) >= 11 is 0. The standard InChI is InChI=1S/C11H12N.BrH/c1-9-5-6-11-10(8-9)4-3-7-12(11)2;/h3-8H,1-2H3;1H/q+1;/p-1. The van der Waals surface area contributed by atoms with E-state index in [1.807, 2.05) is 0 Å². The van der Waals surface area contributed by atoms with Crippen LogP contribution in [-0.2, 0) is 7.05 Å². The number of hydrogen-bond donors (Lipinski definition) is 0. The minimum absolute atomic E-state index is 0. The van der Waals surface area contributed by atoms with Crippen molar-refractivity contribution in [2.24, 2.45) is 7.05 Å². The number of benzene rings is 1. The van der Waals surface area contributed by atoms with Crippen molar-refractivity contribution in [3.8, 4) is 0 Å². The molecule has 0 atom stereocenters. The summed E-state index contributed by atoms with van der Waals surface area (Å²) in [6.07, 6.45) is 2.07. The molecule has 0 spiro atoms. The molecule has 13 heavy (non-hydrogen) atoms. The van der Waals surface area contributed by atoms with Crippen molar-refractivity contribution >= 4 is 10.9 Å². The van der Waals surface area contributed by atoms with Gasteiger partial charge < -0.3 is 17.0 Å². The molecule has 2 heteroatoms. The number of halogens is 1. The van der Waals surface area contributed by atoms with Crippen molar-refractivity contribution in [2.45, 2.75) is 6.92 Å². The number of aromatic nitrogens is 1. The Balaban J connectivity index is 0.000000845. The lowest BCUT2D eigenvalue weighted by Gasteiger charge is -1.96. The zero-order valence-corrected chi connectivity index (χ0v) is 9.38. The van der Waals surface area contributed by atoms with Gasteiger partial charge in [-0.1, -0.05) is 11.6 Å². The van der Waals surface area contributed by atoms with Gasteiger partial charge in [-0.25, -0.2) is 4.57 Å². The van der Waals surface area contributed by atoms with Crippen LogP contribution in [0.15, 0.2) is 36.5 Å². The molecule has 68 valence electrons. The SMILES string of the molecule is Cc1ccc2c(ccc[n+]2C)c1.[Br-]. The molecule has 0 aliphatic carbocycles. The van der Waals surface area contributed by atoms with E-state index in [1.54, 1.807) is 0 Å². The fourth-order valence-electron chi connectivity index (χ4n) is 1.48. The average molecular weight is 238 g/mol. The van der Waals surface area contributed by atoms with E-state index >= 15 is 0 Å². The maximum Gasteiger partial charge on any atom is 0.212 e. The zero-order valence-electron chi connectivity index (χ0n) is 7.79. The van der Waals surface area contributed by atoms with Crippen molar-refractivity contribution in [3.05, 3.63) is 42.1 Å². The molecule has 1 aromatic carbocycles. The van der Waals surface area contributed by atoms with Crippen LogP contribution in [0.3, 0.4) is 0 Å². The zero-order chi connectivity index (χ0) is 8.55. The summed E-state index contributed by atoms with van der Waals surface area (Å²) in [5, 5.41) is 1.31. The Hall–Kier alpha value is -0.890. The second kappa shape index (κ2) is 3.88. The topological polar surface area (TPSA) is 3.88 Å². The van der Waals surface area contributed by atoms with Crippen LogP contribution in [0.5, 0.6) is 0 Å². The van der Waals surface area contributed by atoms with Gasteiger partial charge in [-0.05, 0) is 19.1 Å². The third kappa shape index (κ3) is 1.89. The first-order valence-corrected chi connectivity index (χ1v) is 4.12. The minimum atomic E-state index is 0. The van der Waals surface area contributed by atoms with Crippen molar-refractivity contribution < 1.29 is 21.5 Å². The van der Waals surface area contributed by atoms with Gasteiger partial charge in [0.2, 0.25) is 5.52 Å². The molecule has 0 saturated carbocycles. The predicted molar refractivity (Wildman–Crippen MR) is 49.9 cm³/mol. The molecule has 0 N–H and O–H groups in total. The van der Waals surface area contributed by atoms with Crippen molar-refractivity contribution in [1.29, 1.82) is 0 Å². The van der Waals surface area contributed by atoms with Gasteiger partial charge in [0, 0.05) is 17.5 Å². The summed E-state index contributed by atoms with van der Waals surface area (Å²) in [5.74, 6) is 0. The van der Waals surface area contributed by atoms with Gasteiger partial charge in [0.15, 0.2) is 6.20 Å². The van der Waals surface area contributed by atoms with Crippen LogP contribution in [0.1, 0.15) is 5.56 Å². The van der Waals surface area contributed by atoms with E-state index in [-0.39, 0.29) is 17.0 Å². The molecule has 0 aliphatic rings. The highest BCUT2D eigenvalue weighted by molar-refractivity contribution is 5.75. The molecule has 0 radical (unpaired) electrons. The van der Waals surface area contributed by atoms with Crippen LogP contribution in [0.4, 0.5) is 0 Å². The quantitative estimate of drug-likeness (QED) is 0.517. The lowest BCUT2D eigenvalue weighted by Crippen LogP contribution is -3.00. The van der Waals surface area contributed by atoms with E-state index in [4.69, 9.17) is 0 Å². The third-order valence-corrected chi connectivity index (χ3v) is 2.15. The molecular formula is C11H12BrN. The van der Waals surface area contributed by atoms with Crippen molar-refractivity contribution in [2.75, 3.05) is 0 Å². The molecule has 2 rings (SSSR count). The van der Waals surface area contributed by atoms with Gasteiger partial charge in [-0.3, -0.25) is 0 Å². The molecule has 0 saturated heterocycles. The van der Waals surface area contributed by atoms with E-state index in [2.05, 4.69) is 55.1 Å². The van der Waals surface area contributed by atoms with Crippen LogP contribution in [0, 0.1) is 6.92 Å². The van der Waals surface area contributed by atoms with Crippen LogP contribution < -0.4 is 21.5 Å². The molecule has 0 fully saturated rings. The summed E-state index contributed by atoms with van der Waals surface area (Å²) in [6.45, 7) is 2.12. The summed E-state index contributed by atoms with van der Waals surface area (Å²) in [6, 6.07) is 10.7. The largest absolute Gasteiger partial charge is 1.00 e. The molecule has 0 bridgehead atoms. The van der Waals surface area contributed by atoms with Crippen molar-refractivity contribution in [3.63, 3.8) is 0 Å². The van der Waals surface area contributed by atoms with Crippen molar-refractivity contribution in [1.82, 2.24) is 0 Å². The molecule has 2 aromatic rings. The predicted octanol–water partition coefficient (Wildman–Crippen LogP) is -1.02. The highest BCUT2D eigenvalue weighted by Crippen LogP contribution is 2.10. The van der Waals surface area contributed by atoms with E-state index in [0.717, 1.165) is 0 Å². The van der Waals surface area contributed by atoms with Gasteiger partial charge in [0.05, 0.1) is 0 Å². The molecule has 0 unspecified atom stereocenters. The van der Waals surface area contributed by atoms with E-state index in [9.17, 15) is 0 Å². The van der Waals surface area contributed by atoms with Crippen LogP contribution in [-0.4, -0.2) is 0 Å². The first-order valence-electron chi connectivity index (χ1n) is 4.12. The van der Waals surface area contributed by atoms with E-state index in [0.29, 0.717) is 0 Å². The maximum atomic E-state index is 2.20. The summed E-state index contributed by atoms with van der Waals surface area (Å²) in [7, 11) is 2.07. The summed E-state index contributed by atoms with van der Waals surface area (Å²) < 4.78 is 2.13. The molecule has 0 amide bonds. The highest BCUT2D eigenvalue weighted by Gasteiger charge is 2.01. The first kappa shape index (κ1) is 10.2. The smallest absolute Gasteiger partial charge is 0.212 e. The first-order chi connectivity index (χ1) is 5.77. The summed E-state index contributed by atoms with van der Waals surface area (Å²) in [5.41, 5.74) is 2.59. The van der Waals surface area contributed by atoms with Crippen LogP contribution >= 0.6 is 0 Å². The van der Waals surface area contributed by atoms with Gasteiger partial charge in [0.1, 0.15) is 7.05 Å². The number of pyridine rings is 1. The second-order valence-corrected chi connectivity index (χ2v) is 3.18. The molecule has 0 aliphatic heterocycles. The fourth-order valence-corrected chi connectivity index (χ4v) is 1.48. The Kier molecular flexibility index (Phi) is 3.04. The van der Waals surface area contributed by atoms with Gasteiger partial charge in [-0.2, -0.15) is 0 Å². The average Bonchev–Trinajstić information content (AvgIpc) is 2.04. The van der Waals surface area contributed by atoms with Crippen LogP contribution in [0.25, 0.3) is 10.9 Å². The van der Waals surface area contributed by atoms with Gasteiger partial charge in [0.25, 0.3) is 0 Å². The highest BCUT2D eigenvalue weighted by atomic mass is 79.9. The maximum absolute atomic E-state index is 2.20. The molecular weight excluding hydrogens is 226 g/mol. The lowest BCUT2D eigenvalue weighted by atomic mass is 10.1. The Morgan fingerprint density at radius 2 is 1.92 bits per heavy atom. The second-order valence-electron chi connectivity index (χ2n) is 3.18. The number of rotatable bonds is 0. The Labute approximate surface area is 88.8 Å². The monoisotopic (exact) mass is 237 g/mol. The number of nitrogens with zero attached hydrogens (tertiary/aromatic N) is 1. The number of aryl methyl sites for hydroxylation is 2. The fraction of sp³-hybridized carbons (Fsp3) is 0.182. The van der Waals surface area contributed by atoms with E-state index in [1.165, 1.54) is 16.5 Å². The minimum Gasteiger partial charge on any atom is -1.00 e. The Morgan fingerprint density at radius 1 is 1.15 bits per heavy atom. The number of fused-ring (bicyclic) bond motifs is 1. The van der Waals surface area contributed by atoms with Gasteiger partial charge >= 0.3 is 0 Å². The molecule has 1 heterocycles.